The number of nitrogens with one attached hydrogen (secondary N) is 3. The molecule has 1 fully saturated rings. The molecule has 1 aromatic heterocycles. The summed E-state index contributed by atoms with van der Waals surface area (Å²) in [5.74, 6) is 1.24. The molecule has 0 atom stereocenters. The van der Waals surface area contributed by atoms with E-state index in [2.05, 4.69) is 27.5 Å². The maximum atomic E-state index is 13.5. The van der Waals surface area contributed by atoms with Crippen LogP contribution in [0.25, 0.3) is 10.9 Å². The van der Waals surface area contributed by atoms with Gasteiger partial charge in [0.25, 0.3) is 0 Å². The number of nitrogens with zero attached hydrogens (tertiary/aromatic N) is 1. The average Bonchev–Trinajstić information content (AvgIpc) is 3.13. The summed E-state index contributed by atoms with van der Waals surface area (Å²) in [5, 5.41) is 7.57. The highest BCUT2D eigenvalue weighted by Crippen LogP contribution is 2.19. The fraction of sp³-hybridized carbons (Fsp3) is 0.591. The monoisotopic (exact) mass is 532 g/mol. The SMILES string of the molecule is CCNC(=NCCCOCC1CCOCC1)NCCc1c[nH]c2ccc(F)cc12.I. The number of hydrogen-bond donors (Lipinski definition) is 3. The van der Waals surface area contributed by atoms with E-state index in [1.54, 1.807) is 12.1 Å². The van der Waals surface area contributed by atoms with Crippen LogP contribution in [0.5, 0.6) is 0 Å². The first-order valence-corrected chi connectivity index (χ1v) is 10.7. The smallest absolute Gasteiger partial charge is 0.191 e. The van der Waals surface area contributed by atoms with Crippen LogP contribution >= 0.6 is 24.0 Å². The van der Waals surface area contributed by atoms with Crippen LogP contribution in [0.4, 0.5) is 4.39 Å². The van der Waals surface area contributed by atoms with Crippen molar-refractivity contribution in [3.8, 4) is 0 Å². The molecule has 1 aliphatic rings. The summed E-state index contributed by atoms with van der Waals surface area (Å²) in [7, 11) is 0. The molecule has 6 nitrogen and oxygen atoms in total. The normalized spacial score (nSPS) is 15.2. The first-order valence-electron chi connectivity index (χ1n) is 10.7. The molecule has 30 heavy (non-hydrogen) atoms. The zero-order chi connectivity index (χ0) is 20.3. The van der Waals surface area contributed by atoms with Gasteiger partial charge in [-0.3, -0.25) is 4.99 Å². The highest BCUT2D eigenvalue weighted by atomic mass is 127. The molecule has 168 valence electrons. The van der Waals surface area contributed by atoms with Gasteiger partial charge < -0.3 is 25.1 Å². The van der Waals surface area contributed by atoms with Gasteiger partial charge in [-0.15, -0.1) is 24.0 Å². The standard InChI is InChI=1S/C22H33FN4O2.HI/c1-2-24-22(25-9-3-11-29-16-17-7-12-28-13-8-17)26-10-6-18-15-27-21-5-4-19(23)14-20(18)21;/h4-5,14-15,17,27H,2-3,6-13,16H2,1H3,(H2,24,25,26);1H. The van der Waals surface area contributed by atoms with Crippen molar-refractivity contribution in [1.29, 1.82) is 0 Å². The number of halogens is 2. The minimum atomic E-state index is -0.208. The van der Waals surface area contributed by atoms with E-state index in [1.807, 2.05) is 6.20 Å². The Bertz CT molecular complexity index is 778. The molecule has 0 saturated carbocycles. The van der Waals surface area contributed by atoms with Crippen LogP contribution in [0.15, 0.2) is 29.4 Å². The van der Waals surface area contributed by atoms with Gasteiger partial charge in [-0.25, -0.2) is 4.39 Å². The second-order valence-electron chi connectivity index (χ2n) is 7.43. The molecular weight excluding hydrogens is 498 g/mol. The molecule has 3 N–H and O–H groups in total. The number of fused-ring (bicyclic) bond motifs is 1. The summed E-state index contributed by atoms with van der Waals surface area (Å²) < 4.78 is 24.7. The van der Waals surface area contributed by atoms with E-state index in [4.69, 9.17) is 9.47 Å². The lowest BCUT2D eigenvalue weighted by atomic mass is 10.0. The molecule has 0 spiro atoms. The Balaban J connectivity index is 0.00000320. The van der Waals surface area contributed by atoms with Crippen molar-refractivity contribution < 1.29 is 13.9 Å². The molecule has 0 radical (unpaired) electrons. The molecule has 0 aliphatic carbocycles. The number of aromatic amines is 1. The molecule has 1 aromatic carbocycles. The number of guanidine groups is 1. The maximum Gasteiger partial charge on any atom is 0.191 e. The molecule has 0 unspecified atom stereocenters. The van der Waals surface area contributed by atoms with Crippen molar-refractivity contribution in [3.05, 3.63) is 35.8 Å². The third kappa shape index (κ3) is 8.03. The largest absolute Gasteiger partial charge is 0.381 e. The fourth-order valence-electron chi connectivity index (χ4n) is 3.54. The Morgan fingerprint density at radius 3 is 2.93 bits per heavy atom. The molecule has 1 aliphatic heterocycles. The Labute approximate surface area is 195 Å². The van der Waals surface area contributed by atoms with E-state index in [1.165, 1.54) is 6.07 Å². The summed E-state index contributed by atoms with van der Waals surface area (Å²) in [6.07, 6.45) is 5.86. The summed E-state index contributed by atoms with van der Waals surface area (Å²) in [5.41, 5.74) is 2.06. The van der Waals surface area contributed by atoms with Gasteiger partial charge in [-0.1, -0.05) is 0 Å². The summed E-state index contributed by atoms with van der Waals surface area (Å²) in [6.45, 7) is 7.61. The molecule has 8 heteroatoms. The van der Waals surface area contributed by atoms with Crippen LogP contribution in [-0.2, 0) is 15.9 Å². The molecule has 3 rings (SSSR count). The van der Waals surface area contributed by atoms with Gasteiger partial charge in [0.2, 0.25) is 0 Å². The number of rotatable bonds is 10. The number of aromatic nitrogens is 1. The Kier molecular flexibility index (Phi) is 11.5. The van der Waals surface area contributed by atoms with Gasteiger partial charge in [-0.2, -0.15) is 0 Å². The molecular formula is C22H34FIN4O2. The number of aliphatic imine (C=N–C) groups is 1. The van der Waals surface area contributed by atoms with E-state index >= 15 is 0 Å². The highest BCUT2D eigenvalue weighted by Gasteiger charge is 2.13. The minimum absolute atomic E-state index is 0. The van der Waals surface area contributed by atoms with Crippen molar-refractivity contribution in [3.63, 3.8) is 0 Å². The summed E-state index contributed by atoms with van der Waals surface area (Å²) in [4.78, 5) is 7.81. The molecule has 0 bridgehead atoms. The topological polar surface area (TPSA) is 70.7 Å². The lowest BCUT2D eigenvalue weighted by molar-refractivity contribution is 0.0205. The van der Waals surface area contributed by atoms with Gasteiger partial charge >= 0.3 is 0 Å². The van der Waals surface area contributed by atoms with Crippen LogP contribution < -0.4 is 10.6 Å². The van der Waals surface area contributed by atoms with Crippen LogP contribution in [0.2, 0.25) is 0 Å². The van der Waals surface area contributed by atoms with Crippen LogP contribution in [0.3, 0.4) is 0 Å². The number of ether oxygens (including phenoxy) is 2. The Morgan fingerprint density at radius 1 is 1.30 bits per heavy atom. The lowest BCUT2D eigenvalue weighted by Gasteiger charge is -2.21. The fourth-order valence-corrected chi connectivity index (χ4v) is 3.54. The van der Waals surface area contributed by atoms with E-state index < -0.39 is 0 Å². The zero-order valence-electron chi connectivity index (χ0n) is 17.7. The molecule has 2 aromatic rings. The molecule has 0 amide bonds. The first-order chi connectivity index (χ1) is 14.3. The van der Waals surface area contributed by atoms with E-state index in [9.17, 15) is 4.39 Å². The van der Waals surface area contributed by atoms with Gasteiger partial charge in [0.1, 0.15) is 5.82 Å². The first kappa shape index (κ1) is 24.9. The lowest BCUT2D eigenvalue weighted by Crippen LogP contribution is -2.38. The van der Waals surface area contributed by atoms with E-state index in [0.29, 0.717) is 5.92 Å². The van der Waals surface area contributed by atoms with Gasteiger partial charge in [0.05, 0.1) is 0 Å². The predicted octanol–water partition coefficient (Wildman–Crippen LogP) is 3.86. The van der Waals surface area contributed by atoms with Crippen molar-refractivity contribution in [2.75, 3.05) is 46.1 Å². The Morgan fingerprint density at radius 2 is 2.13 bits per heavy atom. The molecule has 1 saturated heterocycles. The van der Waals surface area contributed by atoms with Crippen molar-refractivity contribution in [2.45, 2.75) is 32.6 Å². The van der Waals surface area contributed by atoms with Crippen LogP contribution in [0, 0.1) is 11.7 Å². The van der Waals surface area contributed by atoms with Crippen LogP contribution in [-0.4, -0.2) is 57.0 Å². The predicted molar refractivity (Wildman–Crippen MR) is 130 cm³/mol. The quantitative estimate of drug-likeness (QED) is 0.188. The zero-order valence-corrected chi connectivity index (χ0v) is 20.0. The van der Waals surface area contributed by atoms with Gasteiger partial charge in [-0.05, 0) is 62.3 Å². The summed E-state index contributed by atoms with van der Waals surface area (Å²) >= 11 is 0. The minimum Gasteiger partial charge on any atom is -0.381 e. The van der Waals surface area contributed by atoms with Crippen molar-refractivity contribution in [2.24, 2.45) is 10.9 Å². The third-order valence-corrected chi connectivity index (χ3v) is 5.17. The van der Waals surface area contributed by atoms with E-state index in [-0.39, 0.29) is 29.8 Å². The van der Waals surface area contributed by atoms with Crippen molar-refractivity contribution in [1.82, 2.24) is 15.6 Å². The van der Waals surface area contributed by atoms with Gasteiger partial charge in [0, 0.05) is 63.2 Å². The molecule has 2 heterocycles. The second-order valence-corrected chi connectivity index (χ2v) is 7.43. The third-order valence-electron chi connectivity index (χ3n) is 5.17. The highest BCUT2D eigenvalue weighted by molar-refractivity contribution is 14.0. The number of hydrogen-bond acceptors (Lipinski definition) is 3. The Hall–Kier alpha value is -1.39. The summed E-state index contributed by atoms with van der Waals surface area (Å²) in [6, 6.07) is 4.84. The van der Waals surface area contributed by atoms with Crippen molar-refractivity contribution >= 4 is 40.8 Å². The second kappa shape index (κ2) is 13.8. The number of H-pyrrole nitrogens is 1. The van der Waals surface area contributed by atoms with Crippen LogP contribution in [0.1, 0.15) is 31.7 Å². The van der Waals surface area contributed by atoms with E-state index in [0.717, 1.165) is 94.2 Å². The average molecular weight is 532 g/mol. The van der Waals surface area contributed by atoms with Gasteiger partial charge in [0.15, 0.2) is 5.96 Å². The maximum absolute atomic E-state index is 13.5. The number of benzene rings is 1.